The quantitative estimate of drug-likeness (QED) is 0.835. The van der Waals surface area contributed by atoms with Crippen molar-refractivity contribution in [3.63, 3.8) is 0 Å². The number of benzene rings is 1. The van der Waals surface area contributed by atoms with Gasteiger partial charge in [0.2, 0.25) is 0 Å². The molecule has 0 saturated carbocycles. The molecule has 2 rings (SSSR count). The van der Waals surface area contributed by atoms with Crippen LogP contribution in [0.15, 0.2) is 30.3 Å². The molecule has 0 radical (unpaired) electrons. The van der Waals surface area contributed by atoms with Crippen LogP contribution in [-0.4, -0.2) is 40.4 Å². The van der Waals surface area contributed by atoms with Crippen molar-refractivity contribution >= 4 is 0 Å². The van der Waals surface area contributed by atoms with E-state index in [4.69, 9.17) is 0 Å². The van der Waals surface area contributed by atoms with Crippen LogP contribution < -0.4 is 0 Å². The minimum atomic E-state index is -0.258. The summed E-state index contributed by atoms with van der Waals surface area (Å²) in [7, 11) is 0. The Morgan fingerprint density at radius 3 is 2.71 bits per heavy atom. The van der Waals surface area contributed by atoms with Gasteiger partial charge in [0.25, 0.3) is 0 Å². The molecule has 2 N–H and O–H groups in total. The molecule has 0 aliphatic carbocycles. The van der Waals surface area contributed by atoms with Crippen molar-refractivity contribution in [3.8, 4) is 0 Å². The first kappa shape index (κ1) is 12.6. The highest BCUT2D eigenvalue weighted by Gasteiger charge is 2.30. The molecule has 17 heavy (non-hydrogen) atoms. The Kier molecular flexibility index (Phi) is 4.15. The van der Waals surface area contributed by atoms with Crippen molar-refractivity contribution in [2.45, 2.75) is 38.0 Å². The summed E-state index contributed by atoms with van der Waals surface area (Å²) in [5.74, 6) is 0. The van der Waals surface area contributed by atoms with Crippen LogP contribution >= 0.6 is 0 Å². The lowest BCUT2D eigenvalue weighted by atomic mass is 9.96. The summed E-state index contributed by atoms with van der Waals surface area (Å²) >= 11 is 0. The molecule has 1 fully saturated rings. The zero-order valence-corrected chi connectivity index (χ0v) is 10.3. The molecule has 94 valence electrons. The molecular weight excluding hydrogens is 214 g/mol. The Hall–Kier alpha value is -0.900. The highest BCUT2D eigenvalue weighted by atomic mass is 16.3. The van der Waals surface area contributed by atoms with E-state index in [9.17, 15) is 10.2 Å². The highest BCUT2D eigenvalue weighted by molar-refractivity contribution is 5.18. The van der Waals surface area contributed by atoms with Crippen LogP contribution in [0.5, 0.6) is 0 Å². The van der Waals surface area contributed by atoms with Gasteiger partial charge in [0, 0.05) is 18.6 Å². The Morgan fingerprint density at radius 2 is 2.06 bits per heavy atom. The summed E-state index contributed by atoms with van der Waals surface area (Å²) in [4.78, 5) is 2.29. The van der Waals surface area contributed by atoms with Gasteiger partial charge >= 0.3 is 0 Å². The third-order valence-electron chi connectivity index (χ3n) is 3.72. The molecule has 1 aliphatic heterocycles. The molecule has 0 bridgehead atoms. The monoisotopic (exact) mass is 235 g/mol. The Morgan fingerprint density at radius 1 is 1.35 bits per heavy atom. The van der Waals surface area contributed by atoms with Crippen LogP contribution in [0.1, 0.15) is 31.4 Å². The maximum absolute atomic E-state index is 9.64. The van der Waals surface area contributed by atoms with E-state index in [1.54, 1.807) is 0 Å². The van der Waals surface area contributed by atoms with E-state index in [2.05, 4.69) is 24.0 Å². The summed E-state index contributed by atoms with van der Waals surface area (Å²) in [5.41, 5.74) is 1.27. The van der Waals surface area contributed by atoms with Crippen LogP contribution in [0, 0.1) is 0 Å². The standard InChI is InChI=1S/C14H21NO2/c1-11(12-5-3-2-4-6-12)15-8-7-14(17)9-13(15)10-16/h2-6,11,13-14,16-17H,7-10H2,1H3/t11-,13+,14-/m0/s1. The first-order valence-corrected chi connectivity index (χ1v) is 6.32. The van der Waals surface area contributed by atoms with Crippen LogP contribution in [0.4, 0.5) is 0 Å². The molecule has 3 atom stereocenters. The summed E-state index contributed by atoms with van der Waals surface area (Å²) in [5, 5.41) is 19.1. The minimum absolute atomic E-state index is 0.0777. The van der Waals surface area contributed by atoms with Crippen molar-refractivity contribution < 1.29 is 10.2 Å². The molecule has 1 aromatic rings. The number of aliphatic hydroxyl groups excluding tert-OH is 2. The van der Waals surface area contributed by atoms with Gasteiger partial charge in [0.1, 0.15) is 0 Å². The SMILES string of the molecule is C[C@@H](c1ccccc1)N1CC[C@H](O)C[C@@H]1CO. The lowest BCUT2D eigenvalue weighted by Crippen LogP contribution is -2.47. The van der Waals surface area contributed by atoms with Crippen molar-refractivity contribution in [1.29, 1.82) is 0 Å². The van der Waals surface area contributed by atoms with Gasteiger partial charge in [0.15, 0.2) is 0 Å². The van der Waals surface area contributed by atoms with Crippen molar-refractivity contribution in [1.82, 2.24) is 4.90 Å². The molecule has 1 aromatic carbocycles. The number of hydrogen-bond donors (Lipinski definition) is 2. The number of likely N-dealkylation sites (tertiary alicyclic amines) is 1. The minimum Gasteiger partial charge on any atom is -0.395 e. The normalized spacial score (nSPS) is 27.9. The van der Waals surface area contributed by atoms with E-state index in [0.717, 1.165) is 13.0 Å². The predicted octanol–water partition coefficient (Wildman–Crippen LogP) is 1.57. The van der Waals surface area contributed by atoms with Gasteiger partial charge in [-0.2, -0.15) is 0 Å². The van der Waals surface area contributed by atoms with Gasteiger partial charge < -0.3 is 10.2 Å². The van der Waals surface area contributed by atoms with Gasteiger partial charge in [-0.1, -0.05) is 30.3 Å². The molecule has 0 unspecified atom stereocenters. The first-order valence-electron chi connectivity index (χ1n) is 6.32. The van der Waals surface area contributed by atoms with Gasteiger partial charge in [-0.05, 0) is 25.3 Å². The van der Waals surface area contributed by atoms with E-state index in [1.165, 1.54) is 5.56 Å². The van der Waals surface area contributed by atoms with Crippen molar-refractivity contribution in [2.75, 3.05) is 13.2 Å². The zero-order valence-electron chi connectivity index (χ0n) is 10.3. The average molecular weight is 235 g/mol. The molecular formula is C14H21NO2. The Labute approximate surface area is 103 Å². The van der Waals surface area contributed by atoms with Crippen molar-refractivity contribution in [2.24, 2.45) is 0 Å². The molecule has 3 heteroatoms. The van der Waals surface area contributed by atoms with E-state index in [0.29, 0.717) is 12.5 Å². The van der Waals surface area contributed by atoms with Crippen molar-refractivity contribution in [3.05, 3.63) is 35.9 Å². The second-order valence-corrected chi connectivity index (χ2v) is 4.84. The summed E-state index contributed by atoms with van der Waals surface area (Å²) in [6.45, 7) is 3.13. The average Bonchev–Trinajstić information content (AvgIpc) is 2.39. The summed E-state index contributed by atoms with van der Waals surface area (Å²) in [6, 6.07) is 10.7. The molecule has 3 nitrogen and oxygen atoms in total. The zero-order chi connectivity index (χ0) is 12.3. The third kappa shape index (κ3) is 2.86. The second kappa shape index (κ2) is 5.63. The molecule has 1 saturated heterocycles. The van der Waals surface area contributed by atoms with E-state index < -0.39 is 0 Å². The third-order valence-corrected chi connectivity index (χ3v) is 3.72. The number of aliphatic hydroxyl groups is 2. The second-order valence-electron chi connectivity index (χ2n) is 4.84. The number of rotatable bonds is 3. The van der Waals surface area contributed by atoms with Gasteiger partial charge in [0.05, 0.1) is 12.7 Å². The van der Waals surface area contributed by atoms with E-state index in [1.807, 2.05) is 18.2 Å². The largest absolute Gasteiger partial charge is 0.395 e. The summed E-state index contributed by atoms with van der Waals surface area (Å²) in [6.07, 6.45) is 1.22. The fourth-order valence-corrected chi connectivity index (χ4v) is 2.66. The first-order chi connectivity index (χ1) is 8.22. The maximum Gasteiger partial charge on any atom is 0.0588 e. The molecule has 1 aliphatic rings. The van der Waals surface area contributed by atoms with Crippen LogP contribution in [-0.2, 0) is 0 Å². The maximum atomic E-state index is 9.64. The number of hydrogen-bond acceptors (Lipinski definition) is 3. The molecule has 0 amide bonds. The van der Waals surface area contributed by atoms with Crippen LogP contribution in [0.3, 0.4) is 0 Å². The Bertz CT molecular complexity index is 341. The highest BCUT2D eigenvalue weighted by Crippen LogP contribution is 2.28. The summed E-state index contributed by atoms with van der Waals surface area (Å²) < 4.78 is 0. The van der Waals surface area contributed by atoms with E-state index >= 15 is 0 Å². The predicted molar refractivity (Wildman–Crippen MR) is 67.7 cm³/mol. The van der Waals surface area contributed by atoms with Crippen LogP contribution in [0.25, 0.3) is 0 Å². The Balaban J connectivity index is 2.10. The van der Waals surface area contributed by atoms with Gasteiger partial charge in [-0.15, -0.1) is 0 Å². The van der Waals surface area contributed by atoms with Crippen LogP contribution in [0.2, 0.25) is 0 Å². The molecule has 1 heterocycles. The molecule has 0 spiro atoms. The molecule has 0 aromatic heterocycles. The number of piperidine rings is 1. The number of nitrogens with zero attached hydrogens (tertiary/aromatic N) is 1. The fraction of sp³-hybridized carbons (Fsp3) is 0.571. The lowest BCUT2D eigenvalue weighted by molar-refractivity contribution is -0.00252. The fourth-order valence-electron chi connectivity index (χ4n) is 2.66. The van der Waals surface area contributed by atoms with Gasteiger partial charge in [-0.3, -0.25) is 4.90 Å². The van der Waals surface area contributed by atoms with E-state index in [-0.39, 0.29) is 18.8 Å². The smallest absolute Gasteiger partial charge is 0.0588 e. The lowest BCUT2D eigenvalue weighted by Gasteiger charge is -2.41. The topological polar surface area (TPSA) is 43.7 Å². The van der Waals surface area contributed by atoms with Gasteiger partial charge in [-0.25, -0.2) is 0 Å².